The molecule has 3 aromatic rings. The van der Waals surface area contributed by atoms with Gasteiger partial charge in [-0.25, -0.2) is 0 Å². The van der Waals surface area contributed by atoms with E-state index in [0.717, 1.165) is 16.8 Å². The van der Waals surface area contributed by atoms with E-state index in [-0.39, 0.29) is 5.91 Å². The number of amides is 1. The van der Waals surface area contributed by atoms with Crippen molar-refractivity contribution in [2.75, 3.05) is 13.1 Å². The Morgan fingerprint density at radius 3 is 2.14 bits per heavy atom. The van der Waals surface area contributed by atoms with E-state index in [1.54, 1.807) is 47.0 Å². The highest BCUT2D eigenvalue weighted by Crippen LogP contribution is 2.34. The van der Waals surface area contributed by atoms with Gasteiger partial charge in [0.25, 0.3) is 5.91 Å². The third-order valence-electron chi connectivity index (χ3n) is 5.50. The molecule has 2 heterocycles. The number of aromatic nitrogens is 2. The molecule has 150 valence electrons. The molecule has 1 amide bonds. The van der Waals surface area contributed by atoms with Crippen LogP contribution >= 0.6 is 23.2 Å². The second-order valence-electron chi connectivity index (χ2n) is 7.38. The van der Waals surface area contributed by atoms with Crippen LogP contribution in [0.2, 0.25) is 10.0 Å². The molecule has 1 aliphatic heterocycles. The fraction of sp³-hybridized carbons (Fsp3) is 0.273. The Morgan fingerprint density at radius 2 is 1.55 bits per heavy atom. The fourth-order valence-corrected chi connectivity index (χ4v) is 3.97. The van der Waals surface area contributed by atoms with Gasteiger partial charge in [0.15, 0.2) is 0 Å². The first kappa shape index (κ1) is 20.0. The first-order chi connectivity index (χ1) is 13.9. The Balaban J connectivity index is 1.48. The van der Waals surface area contributed by atoms with Crippen molar-refractivity contribution < 1.29 is 9.90 Å². The Morgan fingerprint density at radius 1 is 1.00 bits per heavy atom. The van der Waals surface area contributed by atoms with Gasteiger partial charge in [0.05, 0.1) is 11.3 Å². The van der Waals surface area contributed by atoms with Gasteiger partial charge in [0, 0.05) is 35.7 Å². The second-order valence-corrected chi connectivity index (χ2v) is 8.25. The summed E-state index contributed by atoms with van der Waals surface area (Å²) in [4.78, 5) is 14.8. The van der Waals surface area contributed by atoms with Crippen LogP contribution in [0.1, 0.15) is 28.9 Å². The summed E-state index contributed by atoms with van der Waals surface area (Å²) >= 11 is 11.9. The first-order valence-electron chi connectivity index (χ1n) is 9.43. The van der Waals surface area contributed by atoms with Gasteiger partial charge in [-0.05, 0) is 48.7 Å². The number of hydrogen-bond acceptors (Lipinski definition) is 3. The van der Waals surface area contributed by atoms with Crippen molar-refractivity contribution in [3.63, 3.8) is 0 Å². The molecule has 1 fully saturated rings. The van der Waals surface area contributed by atoms with Crippen molar-refractivity contribution >= 4 is 29.1 Å². The average Bonchev–Trinajstić information content (AvgIpc) is 3.10. The largest absolute Gasteiger partial charge is 0.385 e. The van der Waals surface area contributed by atoms with Crippen LogP contribution in [-0.2, 0) is 12.6 Å². The minimum absolute atomic E-state index is 0.0848. The smallest absolute Gasteiger partial charge is 0.272 e. The number of nitrogens with zero attached hydrogens (tertiary/aromatic N) is 3. The standard InChI is InChI=1S/C22H21Cl2N3O2/c1-26-20(14-19(25-26)15-2-6-17(23)7-3-15)21(28)27-12-10-22(29,11-13-27)16-4-8-18(24)9-5-16/h2-9,14,29H,10-13H2,1H3. The highest BCUT2D eigenvalue weighted by Gasteiger charge is 2.36. The van der Waals surface area contributed by atoms with E-state index in [2.05, 4.69) is 5.10 Å². The lowest BCUT2D eigenvalue weighted by atomic mass is 9.84. The van der Waals surface area contributed by atoms with E-state index in [1.165, 1.54) is 0 Å². The zero-order chi connectivity index (χ0) is 20.6. The summed E-state index contributed by atoms with van der Waals surface area (Å²) in [5.74, 6) is -0.0848. The number of aliphatic hydroxyl groups is 1. The van der Waals surface area contributed by atoms with E-state index < -0.39 is 5.60 Å². The number of aryl methyl sites for hydroxylation is 1. The number of piperidine rings is 1. The third kappa shape index (κ3) is 4.04. The zero-order valence-corrected chi connectivity index (χ0v) is 17.5. The van der Waals surface area contributed by atoms with Gasteiger partial charge < -0.3 is 10.0 Å². The summed E-state index contributed by atoms with van der Waals surface area (Å²) in [6, 6.07) is 16.4. The number of hydrogen-bond donors (Lipinski definition) is 1. The Labute approximate surface area is 179 Å². The molecule has 1 N–H and O–H groups in total. The third-order valence-corrected chi connectivity index (χ3v) is 6.00. The van der Waals surface area contributed by atoms with Crippen molar-refractivity contribution in [3.8, 4) is 11.3 Å². The number of carbonyl (C=O) groups is 1. The van der Waals surface area contributed by atoms with E-state index in [0.29, 0.717) is 41.7 Å². The molecular weight excluding hydrogens is 409 g/mol. The lowest BCUT2D eigenvalue weighted by molar-refractivity contribution is -0.0213. The quantitative estimate of drug-likeness (QED) is 0.665. The monoisotopic (exact) mass is 429 g/mol. The summed E-state index contributed by atoms with van der Waals surface area (Å²) in [6.45, 7) is 0.943. The minimum atomic E-state index is -0.942. The molecule has 1 aliphatic rings. The maximum Gasteiger partial charge on any atom is 0.272 e. The summed E-state index contributed by atoms with van der Waals surface area (Å²) in [6.07, 6.45) is 0.949. The number of rotatable bonds is 3. The first-order valence-corrected chi connectivity index (χ1v) is 10.2. The SMILES string of the molecule is Cn1nc(-c2ccc(Cl)cc2)cc1C(=O)N1CCC(O)(c2ccc(Cl)cc2)CC1. The summed E-state index contributed by atoms with van der Waals surface area (Å²) in [7, 11) is 1.76. The van der Waals surface area contributed by atoms with Crippen LogP contribution in [-0.4, -0.2) is 38.8 Å². The molecular formula is C22H21Cl2N3O2. The van der Waals surface area contributed by atoms with Gasteiger partial charge in [-0.1, -0.05) is 47.5 Å². The molecule has 4 rings (SSSR count). The normalized spacial score (nSPS) is 16.1. The summed E-state index contributed by atoms with van der Waals surface area (Å²) in [5, 5.41) is 16.8. The van der Waals surface area contributed by atoms with Crippen LogP contribution in [0.15, 0.2) is 54.6 Å². The van der Waals surface area contributed by atoms with Gasteiger partial charge >= 0.3 is 0 Å². The molecule has 0 spiro atoms. The Hall–Kier alpha value is -2.34. The van der Waals surface area contributed by atoms with Crippen LogP contribution in [0.4, 0.5) is 0 Å². The predicted molar refractivity (Wildman–Crippen MR) is 114 cm³/mol. The molecule has 0 bridgehead atoms. The lowest BCUT2D eigenvalue weighted by Gasteiger charge is -2.38. The molecule has 0 atom stereocenters. The molecule has 0 radical (unpaired) electrons. The summed E-state index contributed by atoms with van der Waals surface area (Å²) < 4.78 is 1.60. The maximum absolute atomic E-state index is 13.1. The van der Waals surface area contributed by atoms with Crippen molar-refractivity contribution in [1.29, 1.82) is 0 Å². The fourth-order valence-electron chi connectivity index (χ4n) is 3.72. The molecule has 7 heteroatoms. The summed E-state index contributed by atoms with van der Waals surface area (Å²) in [5.41, 5.74) is 2.04. The number of likely N-dealkylation sites (tertiary alicyclic amines) is 1. The van der Waals surface area contributed by atoms with Crippen LogP contribution in [0.5, 0.6) is 0 Å². The van der Waals surface area contributed by atoms with Gasteiger partial charge in [-0.3, -0.25) is 9.48 Å². The van der Waals surface area contributed by atoms with Gasteiger partial charge in [0.1, 0.15) is 5.69 Å². The molecule has 29 heavy (non-hydrogen) atoms. The van der Waals surface area contributed by atoms with Crippen LogP contribution in [0.25, 0.3) is 11.3 Å². The highest BCUT2D eigenvalue weighted by atomic mass is 35.5. The second kappa shape index (κ2) is 7.82. The van der Waals surface area contributed by atoms with Crippen molar-refractivity contribution in [2.24, 2.45) is 7.05 Å². The predicted octanol–water partition coefficient (Wildman–Crippen LogP) is 4.52. The van der Waals surface area contributed by atoms with Gasteiger partial charge in [-0.2, -0.15) is 5.10 Å². The average molecular weight is 430 g/mol. The highest BCUT2D eigenvalue weighted by molar-refractivity contribution is 6.30. The Kier molecular flexibility index (Phi) is 5.38. The van der Waals surface area contributed by atoms with Crippen molar-refractivity contribution in [3.05, 3.63) is 75.9 Å². The number of benzene rings is 2. The number of carbonyl (C=O) groups excluding carboxylic acids is 1. The van der Waals surface area contributed by atoms with Crippen LogP contribution in [0, 0.1) is 0 Å². The maximum atomic E-state index is 13.1. The molecule has 1 aromatic heterocycles. The number of halogens is 2. The minimum Gasteiger partial charge on any atom is -0.385 e. The topological polar surface area (TPSA) is 58.4 Å². The van der Waals surface area contributed by atoms with E-state index in [4.69, 9.17) is 23.2 Å². The van der Waals surface area contributed by atoms with Crippen LogP contribution < -0.4 is 0 Å². The van der Waals surface area contributed by atoms with Crippen molar-refractivity contribution in [2.45, 2.75) is 18.4 Å². The van der Waals surface area contributed by atoms with Crippen LogP contribution in [0.3, 0.4) is 0 Å². The molecule has 0 aliphatic carbocycles. The molecule has 2 aromatic carbocycles. The van der Waals surface area contributed by atoms with Gasteiger partial charge in [0.2, 0.25) is 0 Å². The lowest BCUT2D eigenvalue weighted by Crippen LogP contribution is -2.45. The van der Waals surface area contributed by atoms with E-state index >= 15 is 0 Å². The zero-order valence-electron chi connectivity index (χ0n) is 16.0. The van der Waals surface area contributed by atoms with Gasteiger partial charge in [-0.15, -0.1) is 0 Å². The van der Waals surface area contributed by atoms with Crippen molar-refractivity contribution in [1.82, 2.24) is 14.7 Å². The van der Waals surface area contributed by atoms with E-state index in [9.17, 15) is 9.90 Å². The molecule has 0 saturated carbocycles. The molecule has 5 nitrogen and oxygen atoms in total. The molecule has 1 saturated heterocycles. The molecule has 0 unspecified atom stereocenters. The Bertz CT molecular complexity index is 1020. The van der Waals surface area contributed by atoms with E-state index in [1.807, 2.05) is 24.3 Å².